The fraction of sp³-hybridized carbons (Fsp3) is 0.400. The first-order valence-electron chi connectivity index (χ1n) is 2.38. The fourth-order valence-electron chi connectivity index (χ4n) is 0.549. The van der Waals surface area contributed by atoms with Crippen LogP contribution < -0.4 is 0 Å². The van der Waals surface area contributed by atoms with Gasteiger partial charge in [-0.25, -0.2) is 4.79 Å². The van der Waals surface area contributed by atoms with Crippen LogP contribution in [0.15, 0.2) is 11.8 Å². The van der Waals surface area contributed by atoms with Gasteiger partial charge in [-0.15, -0.1) is 0 Å². The summed E-state index contributed by atoms with van der Waals surface area (Å²) in [5, 5.41) is 8.72. The highest BCUT2D eigenvalue weighted by atomic mass is 16.7. The van der Waals surface area contributed by atoms with Crippen molar-refractivity contribution in [1.29, 1.82) is 0 Å². The van der Waals surface area contributed by atoms with Crippen LogP contribution in [0.5, 0.6) is 0 Å². The van der Waals surface area contributed by atoms with E-state index in [0.29, 0.717) is 0 Å². The van der Waals surface area contributed by atoms with E-state index >= 15 is 0 Å². The van der Waals surface area contributed by atoms with E-state index in [1.807, 2.05) is 0 Å². The van der Waals surface area contributed by atoms with Crippen LogP contribution >= 0.6 is 0 Å². The zero-order valence-electron chi connectivity index (χ0n) is 4.83. The molecule has 1 aliphatic rings. The average Bonchev–Trinajstić information content (AvgIpc) is 2.10. The summed E-state index contributed by atoms with van der Waals surface area (Å²) < 4.78 is 8.82. The van der Waals surface area contributed by atoms with E-state index in [1.165, 1.54) is 7.11 Å². The number of rotatable bonds is 1. The Morgan fingerprint density at radius 1 is 1.89 bits per heavy atom. The summed E-state index contributed by atoms with van der Waals surface area (Å²) >= 11 is 0. The second kappa shape index (κ2) is 2.06. The molecule has 9 heavy (non-hydrogen) atoms. The van der Waals surface area contributed by atoms with Gasteiger partial charge in [0.1, 0.15) is 0 Å². The quantitative estimate of drug-likeness (QED) is 0.481. The van der Waals surface area contributed by atoms with E-state index in [9.17, 15) is 4.79 Å². The third-order valence-corrected chi connectivity index (χ3v) is 0.967. The smallest absolute Gasteiger partial charge is 0.337 e. The van der Waals surface area contributed by atoms with Gasteiger partial charge < -0.3 is 14.6 Å². The molecular formula is C5H6O4. The molecule has 1 atom stereocenters. The first kappa shape index (κ1) is 6.10. The highest BCUT2D eigenvalue weighted by Crippen LogP contribution is 2.12. The number of esters is 1. The molecule has 0 saturated heterocycles. The van der Waals surface area contributed by atoms with Crippen LogP contribution in [0.25, 0.3) is 0 Å². The number of aliphatic hydroxyl groups excluding tert-OH is 1. The molecule has 1 rings (SSSR count). The van der Waals surface area contributed by atoms with Crippen molar-refractivity contribution in [2.75, 3.05) is 7.11 Å². The normalized spacial score (nSPS) is 25.3. The van der Waals surface area contributed by atoms with Gasteiger partial charge in [0.05, 0.1) is 13.2 Å². The van der Waals surface area contributed by atoms with Crippen molar-refractivity contribution >= 4 is 5.97 Å². The molecule has 0 amide bonds. The molecule has 4 nitrogen and oxygen atoms in total. The zero-order valence-corrected chi connectivity index (χ0v) is 4.83. The lowest BCUT2D eigenvalue weighted by atomic mass is 10.5. The molecular weight excluding hydrogens is 124 g/mol. The van der Waals surface area contributed by atoms with Gasteiger partial charge in [0, 0.05) is 0 Å². The van der Waals surface area contributed by atoms with Crippen molar-refractivity contribution in [1.82, 2.24) is 0 Å². The minimum Gasteiger partial charge on any atom is -0.494 e. The van der Waals surface area contributed by atoms with E-state index in [2.05, 4.69) is 9.47 Å². The van der Waals surface area contributed by atoms with E-state index in [0.717, 1.165) is 6.08 Å². The first-order valence-corrected chi connectivity index (χ1v) is 2.38. The summed E-state index contributed by atoms with van der Waals surface area (Å²) in [6.45, 7) is 0. The van der Waals surface area contributed by atoms with Crippen LogP contribution in [0.4, 0.5) is 0 Å². The number of ether oxygens (including phenoxy) is 2. The lowest BCUT2D eigenvalue weighted by Crippen LogP contribution is -2.10. The van der Waals surface area contributed by atoms with Crippen molar-refractivity contribution in [3.8, 4) is 0 Å². The monoisotopic (exact) mass is 130 g/mol. The largest absolute Gasteiger partial charge is 0.494 e. The number of methoxy groups -OCH3 is 1. The maximum absolute atomic E-state index is 10.3. The van der Waals surface area contributed by atoms with Crippen molar-refractivity contribution in [2.24, 2.45) is 0 Å². The third-order valence-electron chi connectivity index (χ3n) is 0.967. The van der Waals surface area contributed by atoms with Gasteiger partial charge in [-0.1, -0.05) is 0 Å². The summed E-state index contributed by atoms with van der Waals surface area (Å²) in [4.78, 5) is 10.3. The van der Waals surface area contributed by atoms with Crippen LogP contribution in [0.3, 0.4) is 0 Å². The lowest BCUT2D eigenvalue weighted by molar-refractivity contribution is -0.153. The van der Waals surface area contributed by atoms with Gasteiger partial charge in [-0.2, -0.15) is 0 Å². The minimum absolute atomic E-state index is 0.153. The van der Waals surface area contributed by atoms with Crippen molar-refractivity contribution in [3.63, 3.8) is 0 Å². The second-order valence-corrected chi connectivity index (χ2v) is 1.54. The molecule has 50 valence electrons. The Hall–Kier alpha value is -1.03. The number of carbonyl (C=O) groups is 1. The topological polar surface area (TPSA) is 55.8 Å². The number of aliphatic hydroxyl groups is 1. The molecule has 0 aromatic carbocycles. The summed E-state index contributed by atoms with van der Waals surface area (Å²) in [5.41, 5.74) is 0. The van der Waals surface area contributed by atoms with Gasteiger partial charge in [-0.05, 0) is 0 Å². The number of cyclic esters (lactones) is 1. The van der Waals surface area contributed by atoms with Gasteiger partial charge in [0.15, 0.2) is 5.76 Å². The Labute approximate surface area is 51.7 Å². The highest BCUT2D eigenvalue weighted by molar-refractivity contribution is 5.85. The molecule has 1 heterocycles. The van der Waals surface area contributed by atoms with Gasteiger partial charge in [-0.3, -0.25) is 0 Å². The van der Waals surface area contributed by atoms with E-state index in [4.69, 9.17) is 5.11 Å². The van der Waals surface area contributed by atoms with Crippen LogP contribution in [0, 0.1) is 0 Å². The maximum Gasteiger partial charge on any atom is 0.337 e. The minimum atomic E-state index is -1.21. The molecule has 0 saturated carbocycles. The average molecular weight is 130 g/mol. The lowest BCUT2D eigenvalue weighted by Gasteiger charge is -2.03. The van der Waals surface area contributed by atoms with E-state index < -0.39 is 12.3 Å². The second-order valence-electron chi connectivity index (χ2n) is 1.54. The summed E-state index contributed by atoms with van der Waals surface area (Å²) in [6.07, 6.45) is -0.104. The first-order chi connectivity index (χ1) is 4.24. The van der Waals surface area contributed by atoms with Crippen LogP contribution in [-0.4, -0.2) is 24.5 Å². The molecule has 0 aromatic heterocycles. The van der Waals surface area contributed by atoms with Crippen molar-refractivity contribution in [3.05, 3.63) is 11.8 Å². The molecule has 0 fully saturated rings. The number of carbonyl (C=O) groups excluding carboxylic acids is 1. The number of hydrogen-bond acceptors (Lipinski definition) is 4. The summed E-state index contributed by atoms with van der Waals surface area (Å²) in [5.74, 6) is -0.417. The molecule has 1 unspecified atom stereocenters. The Kier molecular flexibility index (Phi) is 1.40. The van der Waals surface area contributed by atoms with Gasteiger partial charge in [0.25, 0.3) is 6.29 Å². The van der Waals surface area contributed by atoms with Crippen LogP contribution in [-0.2, 0) is 14.3 Å². The van der Waals surface area contributed by atoms with Gasteiger partial charge in [0.2, 0.25) is 0 Å². The molecule has 1 N–H and O–H groups in total. The van der Waals surface area contributed by atoms with Crippen LogP contribution in [0.1, 0.15) is 0 Å². The SMILES string of the molecule is COC1=CC(=O)OC1O. The van der Waals surface area contributed by atoms with Gasteiger partial charge >= 0.3 is 5.97 Å². The Morgan fingerprint density at radius 3 is 2.78 bits per heavy atom. The summed E-state index contributed by atoms with van der Waals surface area (Å²) in [6, 6.07) is 0. The molecule has 0 spiro atoms. The third kappa shape index (κ3) is 1.02. The number of hydrogen-bond donors (Lipinski definition) is 1. The zero-order chi connectivity index (χ0) is 6.85. The fourth-order valence-corrected chi connectivity index (χ4v) is 0.549. The molecule has 0 aromatic rings. The molecule has 0 bridgehead atoms. The molecule has 4 heteroatoms. The van der Waals surface area contributed by atoms with Crippen LogP contribution in [0.2, 0.25) is 0 Å². The standard InChI is InChI=1S/C5H6O4/c1-8-3-2-4(6)9-5(3)7/h2,5,7H,1H3. The Balaban J connectivity index is 2.68. The van der Waals surface area contributed by atoms with Crippen molar-refractivity contribution in [2.45, 2.75) is 6.29 Å². The molecule has 0 aliphatic carbocycles. The molecule has 0 radical (unpaired) electrons. The predicted molar refractivity (Wildman–Crippen MR) is 27.2 cm³/mol. The molecule has 1 aliphatic heterocycles. The Bertz CT molecular complexity index is 160. The summed E-state index contributed by atoms with van der Waals surface area (Å²) in [7, 11) is 1.36. The Morgan fingerprint density at radius 2 is 2.56 bits per heavy atom. The predicted octanol–water partition coefficient (Wildman–Crippen LogP) is -0.608. The van der Waals surface area contributed by atoms with E-state index in [-0.39, 0.29) is 5.76 Å². The van der Waals surface area contributed by atoms with Crippen molar-refractivity contribution < 1.29 is 19.4 Å². The highest BCUT2D eigenvalue weighted by Gasteiger charge is 2.23. The maximum atomic E-state index is 10.3. The van der Waals surface area contributed by atoms with E-state index in [1.54, 1.807) is 0 Å².